The van der Waals surface area contributed by atoms with Crippen molar-refractivity contribution in [2.45, 2.75) is 24.3 Å². The molecular formula is C8H11F2N3. The Labute approximate surface area is 74.5 Å². The van der Waals surface area contributed by atoms with Crippen molar-refractivity contribution in [1.82, 2.24) is 9.78 Å². The fourth-order valence-corrected chi connectivity index (χ4v) is 1.91. The van der Waals surface area contributed by atoms with Gasteiger partial charge in [0.2, 0.25) is 0 Å². The van der Waals surface area contributed by atoms with Crippen molar-refractivity contribution in [3.05, 3.63) is 18.0 Å². The van der Waals surface area contributed by atoms with E-state index in [2.05, 4.69) is 5.10 Å². The molecule has 2 N–H and O–H groups in total. The Bertz CT molecular complexity index is 324. The highest BCUT2D eigenvalue weighted by Gasteiger charge is 2.56. The van der Waals surface area contributed by atoms with Crippen LogP contribution >= 0.6 is 0 Å². The SMILES string of the molecule is Cn1nccc1C1(N)CC(F)(F)C1. The van der Waals surface area contributed by atoms with Gasteiger partial charge in [0.1, 0.15) is 0 Å². The molecule has 0 atom stereocenters. The van der Waals surface area contributed by atoms with Crippen LogP contribution in [0.4, 0.5) is 8.78 Å². The summed E-state index contributed by atoms with van der Waals surface area (Å²) in [5.41, 5.74) is 5.60. The molecule has 1 aliphatic carbocycles. The van der Waals surface area contributed by atoms with E-state index >= 15 is 0 Å². The van der Waals surface area contributed by atoms with Crippen LogP contribution in [0.3, 0.4) is 0 Å². The highest BCUT2D eigenvalue weighted by molar-refractivity contribution is 5.21. The lowest BCUT2D eigenvalue weighted by Gasteiger charge is -2.44. The van der Waals surface area contributed by atoms with Gasteiger partial charge in [-0.05, 0) is 6.07 Å². The number of aromatic nitrogens is 2. The molecule has 1 aromatic rings. The zero-order valence-electron chi connectivity index (χ0n) is 7.30. The smallest absolute Gasteiger partial charge is 0.252 e. The topological polar surface area (TPSA) is 43.8 Å². The third-order valence-corrected chi connectivity index (χ3v) is 2.48. The number of hydrogen-bond donors (Lipinski definition) is 1. The maximum atomic E-state index is 12.6. The van der Waals surface area contributed by atoms with Crippen LogP contribution in [-0.4, -0.2) is 15.7 Å². The van der Waals surface area contributed by atoms with Crippen molar-refractivity contribution in [3.63, 3.8) is 0 Å². The Morgan fingerprint density at radius 3 is 2.54 bits per heavy atom. The normalized spacial score (nSPS) is 24.0. The van der Waals surface area contributed by atoms with E-state index in [0.717, 1.165) is 0 Å². The van der Waals surface area contributed by atoms with E-state index in [1.807, 2.05) is 0 Å². The van der Waals surface area contributed by atoms with E-state index in [4.69, 9.17) is 5.73 Å². The monoisotopic (exact) mass is 187 g/mol. The second-order valence-corrected chi connectivity index (χ2v) is 3.71. The van der Waals surface area contributed by atoms with Crippen LogP contribution < -0.4 is 5.73 Å². The maximum absolute atomic E-state index is 12.6. The van der Waals surface area contributed by atoms with Gasteiger partial charge in [-0.1, -0.05) is 0 Å². The summed E-state index contributed by atoms with van der Waals surface area (Å²) in [6, 6.07) is 1.69. The first-order valence-electron chi connectivity index (χ1n) is 4.08. The van der Waals surface area contributed by atoms with Gasteiger partial charge >= 0.3 is 0 Å². The van der Waals surface area contributed by atoms with Crippen LogP contribution in [0.25, 0.3) is 0 Å². The molecule has 3 nitrogen and oxygen atoms in total. The number of aryl methyl sites for hydroxylation is 1. The first kappa shape index (κ1) is 8.62. The minimum absolute atomic E-state index is 0.278. The number of alkyl halides is 2. The van der Waals surface area contributed by atoms with Crippen LogP contribution in [-0.2, 0) is 12.6 Å². The van der Waals surface area contributed by atoms with Gasteiger partial charge in [-0.3, -0.25) is 4.68 Å². The number of nitrogens with two attached hydrogens (primary N) is 1. The molecule has 72 valence electrons. The lowest BCUT2D eigenvalue weighted by Crippen LogP contribution is -2.56. The molecule has 1 saturated carbocycles. The molecule has 5 heteroatoms. The molecule has 0 aromatic carbocycles. The molecule has 0 aliphatic heterocycles. The molecule has 0 amide bonds. The largest absolute Gasteiger partial charge is 0.320 e. The molecular weight excluding hydrogens is 176 g/mol. The van der Waals surface area contributed by atoms with E-state index in [9.17, 15) is 8.78 Å². The second kappa shape index (κ2) is 2.29. The lowest BCUT2D eigenvalue weighted by molar-refractivity contribution is -0.127. The molecule has 1 aromatic heterocycles. The summed E-state index contributed by atoms with van der Waals surface area (Å²) in [7, 11) is 1.71. The molecule has 1 aliphatic rings. The van der Waals surface area contributed by atoms with Gasteiger partial charge in [0, 0.05) is 26.1 Å². The highest BCUT2D eigenvalue weighted by atomic mass is 19.3. The number of rotatable bonds is 1. The van der Waals surface area contributed by atoms with Gasteiger partial charge in [-0.15, -0.1) is 0 Å². The molecule has 13 heavy (non-hydrogen) atoms. The minimum Gasteiger partial charge on any atom is -0.320 e. The third kappa shape index (κ3) is 1.23. The molecule has 0 saturated heterocycles. The van der Waals surface area contributed by atoms with Crippen molar-refractivity contribution in [3.8, 4) is 0 Å². The second-order valence-electron chi connectivity index (χ2n) is 3.71. The Morgan fingerprint density at radius 1 is 1.54 bits per heavy atom. The molecule has 0 unspecified atom stereocenters. The number of nitrogens with zero attached hydrogens (tertiary/aromatic N) is 2. The van der Waals surface area contributed by atoms with Crippen molar-refractivity contribution in [2.24, 2.45) is 12.8 Å². The van der Waals surface area contributed by atoms with Gasteiger partial charge < -0.3 is 5.73 Å². The summed E-state index contributed by atoms with van der Waals surface area (Å²) >= 11 is 0. The summed E-state index contributed by atoms with van der Waals surface area (Å²) < 4.78 is 26.8. The van der Waals surface area contributed by atoms with E-state index in [1.54, 1.807) is 24.0 Å². The van der Waals surface area contributed by atoms with Gasteiger partial charge in [-0.25, -0.2) is 8.78 Å². The van der Waals surface area contributed by atoms with Crippen LogP contribution in [0.1, 0.15) is 18.5 Å². The van der Waals surface area contributed by atoms with Gasteiger partial charge in [0.15, 0.2) is 0 Å². The predicted molar refractivity (Wildman–Crippen MR) is 43.3 cm³/mol. The van der Waals surface area contributed by atoms with Crippen LogP contribution in [0.5, 0.6) is 0 Å². The fourth-order valence-electron chi connectivity index (χ4n) is 1.91. The average Bonchev–Trinajstić information content (AvgIpc) is 2.30. The fraction of sp³-hybridized carbons (Fsp3) is 0.625. The molecule has 0 spiro atoms. The van der Waals surface area contributed by atoms with Crippen molar-refractivity contribution in [1.29, 1.82) is 0 Å². The Kier molecular flexibility index (Phi) is 1.52. The predicted octanol–water partition coefficient (Wildman–Crippen LogP) is 1.00. The lowest BCUT2D eigenvalue weighted by atomic mass is 9.72. The van der Waals surface area contributed by atoms with E-state index in [1.165, 1.54) is 0 Å². The number of hydrogen-bond acceptors (Lipinski definition) is 2. The maximum Gasteiger partial charge on any atom is 0.252 e. The summed E-state index contributed by atoms with van der Waals surface area (Å²) in [5, 5.41) is 3.90. The first-order valence-corrected chi connectivity index (χ1v) is 4.08. The molecule has 0 radical (unpaired) electrons. The van der Waals surface area contributed by atoms with E-state index < -0.39 is 11.5 Å². The molecule has 1 fully saturated rings. The Morgan fingerprint density at radius 2 is 2.15 bits per heavy atom. The Hall–Kier alpha value is -0.970. The summed E-state index contributed by atoms with van der Waals surface area (Å²) in [6.45, 7) is 0. The quantitative estimate of drug-likeness (QED) is 0.712. The van der Waals surface area contributed by atoms with Gasteiger partial charge in [-0.2, -0.15) is 5.10 Å². The van der Waals surface area contributed by atoms with E-state index in [0.29, 0.717) is 5.69 Å². The van der Waals surface area contributed by atoms with E-state index in [-0.39, 0.29) is 12.8 Å². The van der Waals surface area contributed by atoms with Gasteiger partial charge in [0.25, 0.3) is 5.92 Å². The zero-order valence-corrected chi connectivity index (χ0v) is 7.30. The molecule has 2 rings (SSSR count). The van der Waals surface area contributed by atoms with Crippen molar-refractivity contribution < 1.29 is 8.78 Å². The minimum atomic E-state index is -2.60. The standard InChI is InChI=1S/C8H11F2N3/c1-13-6(2-3-12-13)7(11)4-8(9,10)5-7/h2-3H,4-5,11H2,1H3. The third-order valence-electron chi connectivity index (χ3n) is 2.48. The average molecular weight is 187 g/mol. The van der Waals surface area contributed by atoms with Crippen LogP contribution in [0.15, 0.2) is 12.3 Å². The highest BCUT2D eigenvalue weighted by Crippen LogP contribution is 2.49. The number of halogens is 2. The first-order chi connectivity index (χ1) is 5.93. The summed E-state index contributed by atoms with van der Waals surface area (Å²) in [6.07, 6.45) is 1.01. The Balaban J connectivity index is 2.25. The zero-order chi connectivity index (χ0) is 9.69. The van der Waals surface area contributed by atoms with Crippen molar-refractivity contribution >= 4 is 0 Å². The van der Waals surface area contributed by atoms with Crippen LogP contribution in [0, 0.1) is 0 Å². The van der Waals surface area contributed by atoms with Gasteiger partial charge in [0.05, 0.1) is 11.2 Å². The van der Waals surface area contributed by atoms with Crippen LogP contribution in [0.2, 0.25) is 0 Å². The van der Waals surface area contributed by atoms with Crippen molar-refractivity contribution in [2.75, 3.05) is 0 Å². The molecule has 0 bridgehead atoms. The summed E-state index contributed by atoms with van der Waals surface area (Å²) in [5.74, 6) is -2.60. The molecule has 1 heterocycles. The summed E-state index contributed by atoms with van der Waals surface area (Å²) in [4.78, 5) is 0.